The normalized spacial score (nSPS) is 18.9. The SMILES string of the molecule is CS(=O)CCC(NCc1ccc2c(c1)CO/C2=C1/C(=O)Nc2ccccc21)C(=O)O. The van der Waals surface area contributed by atoms with E-state index in [1.807, 2.05) is 42.5 Å². The molecule has 2 aromatic carbocycles. The van der Waals surface area contributed by atoms with Crippen molar-refractivity contribution in [2.75, 3.05) is 17.3 Å². The van der Waals surface area contributed by atoms with Gasteiger partial charge in [0.05, 0.1) is 5.57 Å². The predicted molar refractivity (Wildman–Crippen MR) is 115 cm³/mol. The van der Waals surface area contributed by atoms with Crippen LogP contribution < -0.4 is 10.6 Å². The van der Waals surface area contributed by atoms with Gasteiger partial charge in [-0.05, 0) is 18.1 Å². The lowest BCUT2D eigenvalue weighted by atomic mass is 9.99. The van der Waals surface area contributed by atoms with Crippen LogP contribution in [0.1, 0.15) is 28.7 Å². The van der Waals surface area contributed by atoms with Crippen LogP contribution in [0.4, 0.5) is 5.69 Å². The van der Waals surface area contributed by atoms with E-state index < -0.39 is 22.8 Å². The molecule has 0 aromatic heterocycles. The fourth-order valence-electron chi connectivity index (χ4n) is 3.71. The number of carboxylic acids is 1. The number of aliphatic carboxylic acids is 1. The Balaban J connectivity index is 1.54. The number of carbonyl (C=O) groups excluding carboxylic acids is 1. The van der Waals surface area contributed by atoms with Gasteiger partial charge in [-0.1, -0.05) is 36.4 Å². The third-order valence-electron chi connectivity index (χ3n) is 5.23. The van der Waals surface area contributed by atoms with E-state index in [-0.39, 0.29) is 5.91 Å². The number of carbonyl (C=O) groups is 2. The molecular weight excluding hydrogens is 404 g/mol. The first-order chi connectivity index (χ1) is 14.4. The number of hydrogen-bond donors (Lipinski definition) is 3. The smallest absolute Gasteiger partial charge is 0.320 e. The number of ether oxygens (including phenoxy) is 1. The van der Waals surface area contributed by atoms with E-state index in [2.05, 4.69) is 10.6 Å². The van der Waals surface area contributed by atoms with Gasteiger partial charge in [-0.15, -0.1) is 0 Å². The number of hydrogen-bond acceptors (Lipinski definition) is 5. The Morgan fingerprint density at radius 2 is 2.07 bits per heavy atom. The average molecular weight is 426 g/mol. The van der Waals surface area contributed by atoms with Gasteiger partial charge in [-0.2, -0.15) is 0 Å². The summed E-state index contributed by atoms with van der Waals surface area (Å²) >= 11 is 0. The quantitative estimate of drug-likeness (QED) is 0.587. The maximum absolute atomic E-state index is 12.5. The van der Waals surface area contributed by atoms with Gasteiger partial charge in [0.25, 0.3) is 5.91 Å². The van der Waals surface area contributed by atoms with Crippen LogP contribution in [0.2, 0.25) is 0 Å². The van der Waals surface area contributed by atoms with Crippen molar-refractivity contribution < 1.29 is 23.6 Å². The van der Waals surface area contributed by atoms with Crippen LogP contribution >= 0.6 is 0 Å². The van der Waals surface area contributed by atoms with E-state index >= 15 is 0 Å². The summed E-state index contributed by atoms with van der Waals surface area (Å²) in [5.74, 6) is -0.228. The summed E-state index contributed by atoms with van der Waals surface area (Å²) in [5.41, 5.74) is 4.88. The van der Waals surface area contributed by atoms with Gasteiger partial charge in [-0.3, -0.25) is 13.8 Å². The Bertz CT molecular complexity index is 1080. The molecule has 2 aliphatic rings. The third-order valence-corrected chi connectivity index (χ3v) is 6.04. The maximum Gasteiger partial charge on any atom is 0.320 e. The summed E-state index contributed by atoms with van der Waals surface area (Å²) in [6.07, 6.45) is 1.87. The Morgan fingerprint density at radius 1 is 1.27 bits per heavy atom. The molecule has 2 unspecified atom stereocenters. The lowest BCUT2D eigenvalue weighted by Gasteiger charge is -2.14. The molecule has 156 valence electrons. The summed E-state index contributed by atoms with van der Waals surface area (Å²) < 4.78 is 17.1. The number of carboxylic acid groups (broad SMARTS) is 1. The van der Waals surface area contributed by atoms with Crippen LogP contribution in [0.15, 0.2) is 42.5 Å². The highest BCUT2D eigenvalue weighted by molar-refractivity contribution is 7.84. The number of rotatable bonds is 7. The van der Waals surface area contributed by atoms with Crippen molar-refractivity contribution in [1.82, 2.24) is 5.32 Å². The van der Waals surface area contributed by atoms with Crippen molar-refractivity contribution in [3.8, 4) is 0 Å². The molecule has 0 saturated carbocycles. The minimum Gasteiger partial charge on any atom is -0.487 e. The molecule has 0 bridgehead atoms. The predicted octanol–water partition coefficient (Wildman–Crippen LogP) is 2.35. The topological polar surface area (TPSA) is 105 Å². The zero-order valence-corrected chi connectivity index (χ0v) is 17.3. The largest absolute Gasteiger partial charge is 0.487 e. The monoisotopic (exact) mass is 426 g/mol. The van der Waals surface area contributed by atoms with Crippen LogP contribution in [-0.2, 0) is 38.3 Å². The highest BCUT2D eigenvalue weighted by Crippen LogP contribution is 2.41. The van der Waals surface area contributed by atoms with Crippen LogP contribution in [0.25, 0.3) is 11.3 Å². The molecule has 3 N–H and O–H groups in total. The molecule has 0 spiro atoms. The Labute approximate surface area is 176 Å². The van der Waals surface area contributed by atoms with E-state index in [1.165, 1.54) is 0 Å². The van der Waals surface area contributed by atoms with Crippen molar-refractivity contribution >= 4 is 39.7 Å². The van der Waals surface area contributed by atoms with Crippen molar-refractivity contribution in [3.05, 3.63) is 64.7 Å². The van der Waals surface area contributed by atoms with Crippen molar-refractivity contribution in [2.45, 2.75) is 25.6 Å². The molecule has 2 aromatic rings. The molecule has 2 atom stereocenters. The number of fused-ring (bicyclic) bond motifs is 2. The lowest BCUT2D eigenvalue weighted by Crippen LogP contribution is -2.37. The highest BCUT2D eigenvalue weighted by Gasteiger charge is 2.32. The zero-order chi connectivity index (χ0) is 21.3. The maximum atomic E-state index is 12.5. The van der Waals surface area contributed by atoms with Crippen molar-refractivity contribution in [2.24, 2.45) is 0 Å². The van der Waals surface area contributed by atoms with Gasteiger partial charge in [-0.25, -0.2) is 0 Å². The van der Waals surface area contributed by atoms with Crippen LogP contribution in [0, 0.1) is 0 Å². The summed E-state index contributed by atoms with van der Waals surface area (Å²) in [4.78, 5) is 23.9. The first-order valence-electron chi connectivity index (χ1n) is 9.60. The average Bonchev–Trinajstić information content (AvgIpc) is 3.26. The second kappa shape index (κ2) is 8.41. The molecule has 1 amide bonds. The van der Waals surface area contributed by atoms with Gasteiger partial charge in [0.1, 0.15) is 18.4 Å². The standard InChI is InChI=1S/C22H22N2O5S/c1-30(28)9-8-18(22(26)27)23-11-13-6-7-15-14(10-13)12-29-20(15)19-16-4-2-3-5-17(16)24-21(19)25/h2-7,10,18,23H,8-9,11-12H2,1H3,(H,24,25)(H,26,27)/b20-19+. The molecule has 2 heterocycles. The number of para-hydroxylation sites is 1. The molecular formula is C22H22N2O5S. The molecule has 0 saturated heterocycles. The summed E-state index contributed by atoms with van der Waals surface area (Å²) in [6.45, 7) is 0.727. The number of amides is 1. The number of benzene rings is 2. The van der Waals surface area contributed by atoms with Gasteiger partial charge in [0.2, 0.25) is 0 Å². The fraction of sp³-hybridized carbons (Fsp3) is 0.273. The van der Waals surface area contributed by atoms with Crippen molar-refractivity contribution in [1.29, 1.82) is 0 Å². The molecule has 7 nitrogen and oxygen atoms in total. The Hall–Kier alpha value is -2.97. The molecule has 0 aliphatic carbocycles. The van der Waals surface area contributed by atoms with Gasteiger partial charge in [0, 0.05) is 51.7 Å². The highest BCUT2D eigenvalue weighted by atomic mass is 32.2. The van der Waals surface area contributed by atoms with Crippen LogP contribution in [0.3, 0.4) is 0 Å². The molecule has 2 aliphatic heterocycles. The molecule has 8 heteroatoms. The first kappa shape index (κ1) is 20.3. The first-order valence-corrected chi connectivity index (χ1v) is 11.3. The second-order valence-electron chi connectivity index (χ2n) is 7.32. The number of anilines is 1. The van der Waals surface area contributed by atoms with E-state index in [9.17, 15) is 18.9 Å². The second-order valence-corrected chi connectivity index (χ2v) is 8.88. The Morgan fingerprint density at radius 3 is 2.83 bits per heavy atom. The third kappa shape index (κ3) is 4.01. The Kier molecular flexibility index (Phi) is 5.69. The van der Waals surface area contributed by atoms with Gasteiger partial charge < -0.3 is 20.5 Å². The van der Waals surface area contributed by atoms with Crippen molar-refractivity contribution in [3.63, 3.8) is 0 Å². The lowest BCUT2D eigenvalue weighted by molar-refractivity contribution is -0.139. The van der Waals surface area contributed by atoms with E-state index in [1.54, 1.807) is 6.26 Å². The van der Waals surface area contributed by atoms with E-state index in [0.29, 0.717) is 36.7 Å². The molecule has 0 fully saturated rings. The van der Waals surface area contributed by atoms with Gasteiger partial charge >= 0.3 is 5.97 Å². The van der Waals surface area contributed by atoms with Gasteiger partial charge in [0.15, 0.2) is 0 Å². The molecule has 30 heavy (non-hydrogen) atoms. The van der Waals surface area contributed by atoms with E-state index in [4.69, 9.17) is 4.74 Å². The van der Waals surface area contributed by atoms with Crippen LogP contribution in [-0.4, -0.2) is 39.2 Å². The fourth-order valence-corrected chi connectivity index (χ4v) is 4.28. The zero-order valence-electron chi connectivity index (χ0n) is 16.4. The minimum absolute atomic E-state index is 0.178. The summed E-state index contributed by atoms with van der Waals surface area (Å²) in [7, 11) is -1.03. The summed E-state index contributed by atoms with van der Waals surface area (Å²) in [6, 6.07) is 12.5. The van der Waals surface area contributed by atoms with Crippen LogP contribution in [0.5, 0.6) is 0 Å². The summed E-state index contributed by atoms with van der Waals surface area (Å²) in [5, 5.41) is 15.2. The minimum atomic E-state index is -1.03. The molecule has 0 radical (unpaired) electrons. The van der Waals surface area contributed by atoms with E-state index in [0.717, 1.165) is 27.9 Å². The molecule has 4 rings (SSSR count). The number of nitrogens with one attached hydrogen (secondary N) is 2.